The van der Waals surface area contributed by atoms with Gasteiger partial charge in [0.1, 0.15) is 4.88 Å². The summed E-state index contributed by atoms with van der Waals surface area (Å²) in [5.74, 6) is 0.0454. The Morgan fingerprint density at radius 2 is 2.12 bits per heavy atom. The summed E-state index contributed by atoms with van der Waals surface area (Å²) in [4.78, 5) is 21.7. The molecule has 3 heterocycles. The maximum atomic E-state index is 12.3. The van der Waals surface area contributed by atoms with Crippen LogP contribution in [-0.2, 0) is 0 Å². The van der Waals surface area contributed by atoms with Gasteiger partial charge in [-0.1, -0.05) is 5.10 Å². The fourth-order valence-electron chi connectivity index (χ4n) is 2.26. The molecule has 0 unspecified atom stereocenters. The van der Waals surface area contributed by atoms with Crippen molar-refractivity contribution >= 4 is 44.8 Å². The fourth-order valence-corrected chi connectivity index (χ4v) is 3.82. The molecule has 0 saturated heterocycles. The summed E-state index contributed by atoms with van der Waals surface area (Å²) in [7, 11) is 0. The predicted octanol–water partition coefficient (Wildman–Crippen LogP) is 3.67. The van der Waals surface area contributed by atoms with Gasteiger partial charge in [-0.25, -0.2) is 9.97 Å². The number of nitrogens with one attached hydrogen (secondary N) is 1. The van der Waals surface area contributed by atoms with Gasteiger partial charge >= 0.3 is 6.01 Å². The average molecular weight is 357 g/mol. The molecule has 0 aliphatic heterocycles. The number of fused-ring (bicyclic) bond motifs is 1. The largest absolute Gasteiger partial charge is 0.402 e. The van der Waals surface area contributed by atoms with Crippen LogP contribution in [0.3, 0.4) is 0 Å². The van der Waals surface area contributed by atoms with E-state index in [0.29, 0.717) is 11.5 Å². The minimum Gasteiger partial charge on any atom is -0.402 e. The van der Waals surface area contributed by atoms with E-state index in [9.17, 15) is 4.79 Å². The van der Waals surface area contributed by atoms with Gasteiger partial charge in [0.05, 0.1) is 26.4 Å². The molecule has 4 aromatic rings. The second-order valence-corrected chi connectivity index (χ2v) is 7.14. The molecule has 0 radical (unpaired) electrons. The van der Waals surface area contributed by atoms with Crippen LogP contribution >= 0.6 is 22.7 Å². The van der Waals surface area contributed by atoms with Crippen molar-refractivity contribution in [1.29, 1.82) is 0 Å². The molecular formula is C15H11N5O2S2. The Labute approximate surface area is 144 Å². The minimum atomic E-state index is -0.308. The first-order valence-electron chi connectivity index (χ1n) is 7.02. The summed E-state index contributed by atoms with van der Waals surface area (Å²) in [6, 6.07) is 5.37. The van der Waals surface area contributed by atoms with Crippen molar-refractivity contribution in [2.75, 3.05) is 5.32 Å². The molecule has 0 saturated carbocycles. The van der Waals surface area contributed by atoms with E-state index in [4.69, 9.17) is 4.42 Å². The topological polar surface area (TPSA) is 93.8 Å². The molecule has 9 heteroatoms. The Bertz CT molecular complexity index is 1050. The highest BCUT2D eigenvalue weighted by Crippen LogP contribution is 2.29. The van der Waals surface area contributed by atoms with Crippen molar-refractivity contribution < 1.29 is 9.21 Å². The zero-order chi connectivity index (χ0) is 16.7. The lowest BCUT2D eigenvalue weighted by Gasteiger charge is -2.00. The summed E-state index contributed by atoms with van der Waals surface area (Å²) in [6.45, 7) is 3.79. The highest BCUT2D eigenvalue weighted by atomic mass is 32.1. The number of aryl methyl sites for hydroxylation is 2. The number of anilines is 1. The van der Waals surface area contributed by atoms with Crippen molar-refractivity contribution in [3.8, 4) is 10.8 Å². The average Bonchev–Trinajstić information content (AvgIpc) is 3.26. The van der Waals surface area contributed by atoms with Crippen LogP contribution in [0.1, 0.15) is 21.1 Å². The van der Waals surface area contributed by atoms with E-state index in [2.05, 4.69) is 25.5 Å². The number of rotatable bonds is 3. The van der Waals surface area contributed by atoms with Gasteiger partial charge in [-0.3, -0.25) is 10.1 Å². The van der Waals surface area contributed by atoms with Gasteiger partial charge < -0.3 is 4.42 Å². The van der Waals surface area contributed by atoms with Crippen molar-refractivity contribution in [3.63, 3.8) is 0 Å². The van der Waals surface area contributed by atoms with Gasteiger partial charge in [0.15, 0.2) is 0 Å². The van der Waals surface area contributed by atoms with Crippen LogP contribution in [0, 0.1) is 13.8 Å². The van der Waals surface area contributed by atoms with Crippen molar-refractivity contribution in [2.24, 2.45) is 0 Å². The van der Waals surface area contributed by atoms with Crippen LogP contribution in [0.5, 0.6) is 0 Å². The number of carbonyl (C=O) groups is 1. The number of carbonyl (C=O) groups excluding carboxylic acids is 1. The first-order valence-corrected chi connectivity index (χ1v) is 8.72. The van der Waals surface area contributed by atoms with Crippen LogP contribution in [-0.4, -0.2) is 26.1 Å². The molecule has 3 aromatic heterocycles. The van der Waals surface area contributed by atoms with Crippen LogP contribution in [0.4, 0.5) is 6.01 Å². The lowest BCUT2D eigenvalue weighted by molar-refractivity contribution is 0.102. The number of amides is 1. The smallest absolute Gasteiger partial charge is 0.322 e. The molecule has 0 aliphatic rings. The number of hydrogen-bond acceptors (Lipinski definition) is 8. The molecule has 1 amide bonds. The zero-order valence-corrected chi connectivity index (χ0v) is 14.4. The van der Waals surface area contributed by atoms with Crippen LogP contribution < -0.4 is 5.32 Å². The van der Waals surface area contributed by atoms with Gasteiger partial charge in [-0.05, 0) is 32.0 Å². The van der Waals surface area contributed by atoms with Crippen LogP contribution in [0.15, 0.2) is 28.1 Å². The quantitative estimate of drug-likeness (QED) is 0.601. The molecule has 1 aromatic carbocycles. The monoisotopic (exact) mass is 357 g/mol. The third-order valence-electron chi connectivity index (χ3n) is 3.34. The van der Waals surface area contributed by atoms with E-state index in [0.717, 1.165) is 25.8 Å². The Hall–Kier alpha value is -2.65. The molecule has 0 aliphatic carbocycles. The lowest BCUT2D eigenvalue weighted by Crippen LogP contribution is -2.11. The second kappa shape index (κ2) is 5.77. The Kier molecular flexibility index (Phi) is 3.58. The normalized spacial score (nSPS) is 11.1. The molecule has 0 spiro atoms. The number of hydrogen-bond donors (Lipinski definition) is 1. The first-order chi connectivity index (χ1) is 11.6. The highest BCUT2D eigenvalue weighted by Gasteiger charge is 2.17. The van der Waals surface area contributed by atoms with E-state index >= 15 is 0 Å². The van der Waals surface area contributed by atoms with E-state index in [-0.39, 0.29) is 11.9 Å². The van der Waals surface area contributed by atoms with Crippen molar-refractivity contribution in [3.05, 3.63) is 40.0 Å². The molecule has 0 atom stereocenters. The molecule has 120 valence electrons. The molecule has 0 bridgehead atoms. The number of thiazole rings is 2. The molecule has 24 heavy (non-hydrogen) atoms. The number of nitrogens with zero attached hydrogens (tertiary/aromatic N) is 4. The molecule has 7 nitrogen and oxygen atoms in total. The Balaban J connectivity index is 1.57. The van der Waals surface area contributed by atoms with Gasteiger partial charge in [0.2, 0.25) is 0 Å². The molecule has 4 rings (SSSR count). The van der Waals surface area contributed by atoms with E-state index in [1.807, 2.05) is 19.9 Å². The maximum Gasteiger partial charge on any atom is 0.322 e. The van der Waals surface area contributed by atoms with Crippen molar-refractivity contribution in [1.82, 2.24) is 20.2 Å². The summed E-state index contributed by atoms with van der Waals surface area (Å²) in [5, 5.41) is 11.4. The second-order valence-electron chi connectivity index (χ2n) is 5.05. The van der Waals surface area contributed by atoms with Crippen LogP contribution in [0.2, 0.25) is 0 Å². The predicted molar refractivity (Wildman–Crippen MR) is 92.5 cm³/mol. The molecular weight excluding hydrogens is 346 g/mol. The van der Waals surface area contributed by atoms with Gasteiger partial charge in [0.25, 0.3) is 11.8 Å². The van der Waals surface area contributed by atoms with Gasteiger partial charge in [-0.15, -0.1) is 27.8 Å². The standard InChI is InChI=1S/C15H11N5O2S2/c1-7-12(24-8(2)17-7)14-19-20-15(22-14)18-13(21)9-3-4-10-11(5-9)23-6-16-10/h3-6H,1-2H3,(H,18,20,21). The minimum absolute atomic E-state index is 0.0601. The van der Waals surface area contributed by atoms with E-state index < -0.39 is 0 Å². The molecule has 0 fully saturated rings. The van der Waals surface area contributed by atoms with Crippen LogP contribution in [0.25, 0.3) is 21.0 Å². The summed E-state index contributed by atoms with van der Waals surface area (Å²) >= 11 is 2.96. The fraction of sp³-hybridized carbons (Fsp3) is 0.133. The Morgan fingerprint density at radius 1 is 1.25 bits per heavy atom. The lowest BCUT2D eigenvalue weighted by atomic mass is 10.2. The maximum absolute atomic E-state index is 12.3. The first kappa shape index (κ1) is 14.9. The van der Waals surface area contributed by atoms with Gasteiger partial charge in [0, 0.05) is 5.56 Å². The number of benzene rings is 1. The highest BCUT2D eigenvalue weighted by molar-refractivity contribution is 7.16. The van der Waals surface area contributed by atoms with Gasteiger partial charge in [-0.2, -0.15) is 0 Å². The van der Waals surface area contributed by atoms with E-state index in [1.54, 1.807) is 17.6 Å². The SMILES string of the molecule is Cc1nc(C)c(-c2nnc(NC(=O)c3ccc4ncsc4c3)o2)s1. The van der Waals surface area contributed by atoms with E-state index in [1.165, 1.54) is 22.7 Å². The number of aromatic nitrogens is 4. The summed E-state index contributed by atoms with van der Waals surface area (Å²) < 4.78 is 6.48. The summed E-state index contributed by atoms with van der Waals surface area (Å²) in [6.07, 6.45) is 0. The summed E-state index contributed by atoms with van der Waals surface area (Å²) in [5.41, 5.74) is 3.95. The third kappa shape index (κ3) is 2.68. The zero-order valence-electron chi connectivity index (χ0n) is 12.7. The molecule has 1 N–H and O–H groups in total. The third-order valence-corrected chi connectivity index (χ3v) is 5.19. The van der Waals surface area contributed by atoms with Crippen molar-refractivity contribution in [2.45, 2.75) is 13.8 Å². The Morgan fingerprint density at radius 3 is 2.92 bits per heavy atom.